The van der Waals surface area contributed by atoms with Gasteiger partial charge in [-0.25, -0.2) is 0 Å². The first-order chi connectivity index (χ1) is 10.7. The molecular formula is C17H13IrN4S-. The number of para-hydroxylation sites is 1. The summed E-state index contributed by atoms with van der Waals surface area (Å²) in [5.41, 5.74) is 7.12. The first kappa shape index (κ1) is 16.0. The minimum absolute atomic E-state index is 0. The number of benzene rings is 2. The Kier molecular flexibility index (Phi) is 4.39. The van der Waals surface area contributed by atoms with Crippen molar-refractivity contribution in [3.05, 3.63) is 59.4 Å². The molecule has 4 aromatic rings. The number of hydrogen-bond acceptors (Lipinski definition) is 4. The Morgan fingerprint density at radius 2 is 1.91 bits per heavy atom. The van der Waals surface area contributed by atoms with Crippen molar-refractivity contribution < 1.29 is 20.1 Å². The van der Waals surface area contributed by atoms with E-state index in [1.807, 2.05) is 22.3 Å². The minimum atomic E-state index is 0. The molecule has 2 aromatic heterocycles. The molecular weight excluding hydrogens is 484 g/mol. The average molecular weight is 498 g/mol. The van der Waals surface area contributed by atoms with Crippen molar-refractivity contribution in [2.24, 2.45) is 0 Å². The molecule has 0 atom stereocenters. The Bertz CT molecular complexity index is 953. The van der Waals surface area contributed by atoms with Crippen molar-refractivity contribution in [3.8, 4) is 17.1 Å². The average Bonchev–Trinajstić information content (AvgIpc) is 3.15. The van der Waals surface area contributed by atoms with Crippen LogP contribution in [0.15, 0.2) is 42.2 Å². The van der Waals surface area contributed by atoms with E-state index in [1.165, 1.54) is 11.1 Å². The number of aryl methyl sites for hydroxylation is 2. The molecule has 0 aliphatic carbocycles. The van der Waals surface area contributed by atoms with Crippen LogP contribution in [0.3, 0.4) is 0 Å². The summed E-state index contributed by atoms with van der Waals surface area (Å²) in [6, 6.07) is 13.5. The van der Waals surface area contributed by atoms with Crippen LogP contribution in [0.4, 0.5) is 0 Å². The molecule has 0 aliphatic heterocycles. The van der Waals surface area contributed by atoms with Crippen LogP contribution < -0.4 is 0 Å². The molecule has 0 bridgehead atoms. The molecule has 4 rings (SSSR count). The van der Waals surface area contributed by atoms with Gasteiger partial charge in [-0.2, -0.15) is 16.4 Å². The minimum Gasteiger partial charge on any atom is -0.265 e. The van der Waals surface area contributed by atoms with E-state index in [2.05, 4.69) is 53.2 Å². The summed E-state index contributed by atoms with van der Waals surface area (Å²) in [6.45, 7) is 4.17. The monoisotopic (exact) mass is 498 g/mol. The standard InChI is InChI=1S/C17H13N4S.Ir/c1-11-4-3-5-12(2)16(11)21-17(18-9-20-21)13-6-7-15-14(8-13)19-10-22-15;/h3-5,7-10H,1-2H3;/q-1;. The van der Waals surface area contributed by atoms with Crippen LogP contribution in [0.1, 0.15) is 11.1 Å². The summed E-state index contributed by atoms with van der Waals surface area (Å²) in [6.07, 6.45) is 1.58. The molecule has 2 heterocycles. The maximum Gasteiger partial charge on any atom is 0.127 e. The Morgan fingerprint density at radius 1 is 1.13 bits per heavy atom. The predicted molar refractivity (Wildman–Crippen MR) is 88.3 cm³/mol. The van der Waals surface area contributed by atoms with Gasteiger partial charge in [0.15, 0.2) is 0 Å². The van der Waals surface area contributed by atoms with Gasteiger partial charge in [0.05, 0.1) is 17.0 Å². The van der Waals surface area contributed by atoms with Gasteiger partial charge in [0.25, 0.3) is 0 Å². The van der Waals surface area contributed by atoms with E-state index in [9.17, 15) is 0 Å². The maximum absolute atomic E-state index is 4.43. The summed E-state index contributed by atoms with van der Waals surface area (Å²) < 4.78 is 3.01. The Morgan fingerprint density at radius 3 is 2.70 bits per heavy atom. The molecule has 0 amide bonds. The molecule has 0 unspecified atom stereocenters. The van der Waals surface area contributed by atoms with E-state index in [0.29, 0.717) is 0 Å². The predicted octanol–water partition coefficient (Wildman–Crippen LogP) is 3.96. The molecule has 2 aromatic carbocycles. The van der Waals surface area contributed by atoms with E-state index in [1.54, 1.807) is 17.7 Å². The van der Waals surface area contributed by atoms with Crippen molar-refractivity contribution in [2.45, 2.75) is 13.8 Å². The molecule has 23 heavy (non-hydrogen) atoms. The normalized spacial score (nSPS) is 10.7. The number of hydrogen-bond donors (Lipinski definition) is 0. The second kappa shape index (κ2) is 6.32. The molecule has 4 nitrogen and oxygen atoms in total. The van der Waals surface area contributed by atoms with Gasteiger partial charge in [0, 0.05) is 20.1 Å². The fourth-order valence-corrected chi connectivity index (χ4v) is 3.30. The van der Waals surface area contributed by atoms with Crippen molar-refractivity contribution in [1.29, 1.82) is 0 Å². The Labute approximate surface area is 151 Å². The van der Waals surface area contributed by atoms with Crippen LogP contribution in [0.5, 0.6) is 0 Å². The van der Waals surface area contributed by atoms with E-state index >= 15 is 0 Å². The maximum atomic E-state index is 4.43. The summed E-state index contributed by atoms with van der Waals surface area (Å²) >= 11 is 1.61. The fraction of sp³-hybridized carbons (Fsp3) is 0.118. The first-order valence-corrected chi connectivity index (χ1v) is 7.84. The smallest absolute Gasteiger partial charge is 0.127 e. The molecule has 0 fully saturated rings. The molecule has 0 N–H and O–H groups in total. The number of thiazole rings is 1. The van der Waals surface area contributed by atoms with Crippen molar-refractivity contribution >= 4 is 21.6 Å². The Hall–Kier alpha value is -1.88. The zero-order valence-corrected chi connectivity index (χ0v) is 15.8. The van der Waals surface area contributed by atoms with Gasteiger partial charge in [0.2, 0.25) is 0 Å². The Balaban J connectivity index is 0.00000156. The van der Waals surface area contributed by atoms with Crippen molar-refractivity contribution in [3.63, 3.8) is 0 Å². The number of aromatic nitrogens is 4. The second-order valence-corrected chi connectivity index (χ2v) is 6.07. The first-order valence-electron chi connectivity index (χ1n) is 6.96. The molecule has 1 radical (unpaired) electrons. The van der Waals surface area contributed by atoms with E-state index in [-0.39, 0.29) is 20.1 Å². The van der Waals surface area contributed by atoms with Gasteiger partial charge in [-0.05, 0) is 35.2 Å². The number of nitrogens with zero attached hydrogens (tertiary/aromatic N) is 4. The summed E-state index contributed by atoms with van der Waals surface area (Å²) in [4.78, 5) is 8.80. The van der Waals surface area contributed by atoms with Gasteiger partial charge >= 0.3 is 0 Å². The topological polar surface area (TPSA) is 43.6 Å². The summed E-state index contributed by atoms with van der Waals surface area (Å²) in [7, 11) is 0. The zero-order chi connectivity index (χ0) is 15.1. The molecule has 0 aliphatic rings. The van der Waals surface area contributed by atoms with Crippen LogP contribution in [-0.4, -0.2) is 19.7 Å². The van der Waals surface area contributed by atoms with Crippen LogP contribution >= 0.6 is 11.3 Å². The van der Waals surface area contributed by atoms with E-state index < -0.39 is 0 Å². The third kappa shape index (κ3) is 2.74. The number of fused-ring (bicyclic) bond motifs is 1. The van der Waals surface area contributed by atoms with E-state index in [4.69, 9.17) is 0 Å². The largest absolute Gasteiger partial charge is 0.265 e. The second-order valence-electron chi connectivity index (χ2n) is 5.18. The molecule has 0 saturated heterocycles. The SMILES string of the molecule is Cc1cccc(C)c1-n1ncnc1-c1[c-]cc2scnc2c1.[Ir]. The summed E-state index contributed by atoms with van der Waals surface area (Å²) in [5, 5.41) is 4.42. The molecule has 6 heteroatoms. The summed E-state index contributed by atoms with van der Waals surface area (Å²) in [5.74, 6) is 0.785. The third-order valence-electron chi connectivity index (χ3n) is 3.70. The quantitative estimate of drug-likeness (QED) is 0.394. The number of rotatable bonds is 2. The molecule has 0 saturated carbocycles. The molecule has 0 spiro atoms. The van der Waals surface area contributed by atoms with Crippen LogP contribution in [0, 0.1) is 19.9 Å². The van der Waals surface area contributed by atoms with Gasteiger partial charge in [-0.1, -0.05) is 18.2 Å². The van der Waals surface area contributed by atoms with Crippen LogP contribution in [-0.2, 0) is 20.1 Å². The molecule has 117 valence electrons. The van der Waals surface area contributed by atoms with Gasteiger partial charge < -0.3 is 0 Å². The van der Waals surface area contributed by atoms with E-state index in [0.717, 1.165) is 27.3 Å². The third-order valence-corrected chi connectivity index (χ3v) is 4.50. The van der Waals surface area contributed by atoms with Crippen LogP contribution in [0.25, 0.3) is 27.3 Å². The van der Waals surface area contributed by atoms with Gasteiger partial charge in [0.1, 0.15) is 6.33 Å². The van der Waals surface area contributed by atoms with Crippen LogP contribution in [0.2, 0.25) is 0 Å². The van der Waals surface area contributed by atoms with Gasteiger partial charge in [-0.3, -0.25) is 14.6 Å². The zero-order valence-electron chi connectivity index (χ0n) is 12.6. The van der Waals surface area contributed by atoms with Crippen molar-refractivity contribution in [2.75, 3.05) is 0 Å². The van der Waals surface area contributed by atoms with Gasteiger partial charge in [-0.15, -0.1) is 23.8 Å². The fourth-order valence-electron chi connectivity index (χ4n) is 2.66. The van der Waals surface area contributed by atoms with Crippen molar-refractivity contribution in [1.82, 2.24) is 19.7 Å².